The van der Waals surface area contributed by atoms with Gasteiger partial charge < -0.3 is 14.4 Å². The molecular formula is C35H74NO3P. The molecule has 0 aliphatic heterocycles. The van der Waals surface area contributed by atoms with Crippen LogP contribution in [0, 0.1) is 0 Å². The molecule has 0 spiro atoms. The van der Waals surface area contributed by atoms with Crippen molar-refractivity contribution in [2.75, 3.05) is 32.5 Å². The monoisotopic (exact) mass is 588 g/mol. The first-order chi connectivity index (χ1) is 19.7. The van der Waals surface area contributed by atoms with Gasteiger partial charge in [0.1, 0.15) is 0 Å². The molecule has 40 heavy (non-hydrogen) atoms. The lowest BCUT2D eigenvalue weighted by Crippen LogP contribution is -2.16. The zero-order valence-electron chi connectivity index (χ0n) is 27.8. The van der Waals surface area contributed by atoms with Crippen LogP contribution in [0.15, 0.2) is 0 Å². The molecule has 0 radical (unpaired) electrons. The average Bonchev–Trinajstić information content (AvgIpc) is 2.94. The average molecular weight is 588 g/mol. The third kappa shape index (κ3) is 31.1. The van der Waals surface area contributed by atoms with Crippen LogP contribution < -0.4 is 5.32 Å². The molecule has 242 valence electrons. The fraction of sp³-hybridized carbons (Fsp3) is 1.00. The summed E-state index contributed by atoms with van der Waals surface area (Å²) in [5.74, 6) is 0. The summed E-state index contributed by atoms with van der Waals surface area (Å²) in [5.41, 5.74) is 0. The summed E-state index contributed by atoms with van der Waals surface area (Å²) in [5, 5.41) is 3.65. The van der Waals surface area contributed by atoms with Gasteiger partial charge in [-0.2, -0.15) is 0 Å². The number of unbranched alkanes of at least 4 members (excludes halogenated alkanes) is 25. The maximum atomic E-state index is 12.4. The second-order valence-electron chi connectivity index (χ2n) is 12.1. The van der Waals surface area contributed by atoms with E-state index in [1.807, 2.05) is 13.8 Å². The van der Waals surface area contributed by atoms with Gasteiger partial charge in [0.15, 0.2) is 0 Å². The van der Waals surface area contributed by atoms with E-state index < -0.39 is 7.60 Å². The molecule has 0 rings (SSSR count). The minimum atomic E-state index is -2.83. The predicted molar refractivity (Wildman–Crippen MR) is 179 cm³/mol. The van der Waals surface area contributed by atoms with Crippen molar-refractivity contribution >= 4 is 7.60 Å². The minimum Gasteiger partial charge on any atom is -0.317 e. The van der Waals surface area contributed by atoms with Gasteiger partial charge >= 0.3 is 7.60 Å². The zero-order valence-corrected chi connectivity index (χ0v) is 28.7. The van der Waals surface area contributed by atoms with Crippen molar-refractivity contribution in [3.63, 3.8) is 0 Å². The maximum Gasteiger partial charge on any atom is 0.330 e. The second-order valence-corrected chi connectivity index (χ2v) is 14.3. The smallest absolute Gasteiger partial charge is 0.317 e. The number of nitrogens with one attached hydrogen (secondary N) is 1. The molecule has 0 aliphatic rings. The van der Waals surface area contributed by atoms with E-state index in [1.54, 1.807) is 0 Å². The van der Waals surface area contributed by atoms with Gasteiger partial charge in [0, 0.05) is 0 Å². The standard InChI is InChI=1S/C35H74NO3P/c1-4-7-8-9-10-11-12-13-14-15-16-17-18-19-21-24-27-30-33-36-34-31-28-25-22-20-23-26-29-32-35-40(37,38-5-2)39-6-3/h36H,4-35H2,1-3H3. The molecule has 5 heteroatoms. The number of hydrogen-bond donors (Lipinski definition) is 1. The Kier molecular flexibility index (Phi) is 33.7. The molecule has 0 fully saturated rings. The first-order valence-corrected chi connectivity index (χ1v) is 20.0. The molecule has 0 aromatic heterocycles. The molecule has 0 heterocycles. The molecule has 0 atom stereocenters. The fourth-order valence-corrected chi connectivity index (χ4v) is 7.36. The summed E-state index contributed by atoms with van der Waals surface area (Å²) < 4.78 is 23.1. The minimum absolute atomic E-state index is 0.465. The Labute approximate surface area is 252 Å². The van der Waals surface area contributed by atoms with Crippen molar-refractivity contribution in [3.05, 3.63) is 0 Å². The van der Waals surface area contributed by atoms with Crippen LogP contribution in [0.1, 0.15) is 194 Å². The lowest BCUT2D eigenvalue weighted by molar-refractivity contribution is 0.219. The fourth-order valence-electron chi connectivity index (χ4n) is 5.63. The number of rotatable bonds is 35. The predicted octanol–water partition coefficient (Wildman–Crippen LogP) is 12.4. The summed E-state index contributed by atoms with van der Waals surface area (Å²) in [6.07, 6.45) is 37.9. The molecule has 0 bridgehead atoms. The van der Waals surface area contributed by atoms with Crippen LogP contribution in [0.5, 0.6) is 0 Å². The van der Waals surface area contributed by atoms with Crippen molar-refractivity contribution < 1.29 is 13.6 Å². The van der Waals surface area contributed by atoms with E-state index in [0.717, 1.165) is 12.8 Å². The molecule has 1 N–H and O–H groups in total. The lowest BCUT2D eigenvalue weighted by atomic mass is 10.0. The Hall–Kier alpha value is 0.110. The molecule has 0 aromatic rings. The van der Waals surface area contributed by atoms with Crippen LogP contribution >= 0.6 is 7.60 Å². The van der Waals surface area contributed by atoms with Gasteiger partial charge in [0.25, 0.3) is 0 Å². The van der Waals surface area contributed by atoms with Crippen LogP contribution in [0.2, 0.25) is 0 Å². The molecule has 4 nitrogen and oxygen atoms in total. The van der Waals surface area contributed by atoms with Crippen LogP contribution in [0.4, 0.5) is 0 Å². The van der Waals surface area contributed by atoms with E-state index in [0.29, 0.717) is 19.4 Å². The maximum absolute atomic E-state index is 12.4. The van der Waals surface area contributed by atoms with E-state index in [9.17, 15) is 4.57 Å². The van der Waals surface area contributed by atoms with Crippen molar-refractivity contribution in [1.29, 1.82) is 0 Å². The SMILES string of the molecule is CCCCCCCCCCCCCCCCCCCCNCCCCCCCCCCCP(=O)(OCC)OCC. The lowest BCUT2D eigenvalue weighted by Gasteiger charge is -2.16. The Morgan fingerprint density at radius 2 is 0.675 bits per heavy atom. The summed E-state index contributed by atoms with van der Waals surface area (Å²) in [7, 11) is -2.83. The summed E-state index contributed by atoms with van der Waals surface area (Å²) in [4.78, 5) is 0. The highest BCUT2D eigenvalue weighted by atomic mass is 31.2. The van der Waals surface area contributed by atoms with Gasteiger partial charge in [-0.25, -0.2) is 0 Å². The Morgan fingerprint density at radius 3 is 0.975 bits per heavy atom. The molecule has 0 amide bonds. The van der Waals surface area contributed by atoms with Crippen LogP contribution in [-0.2, 0) is 13.6 Å². The van der Waals surface area contributed by atoms with E-state index in [2.05, 4.69) is 12.2 Å². The van der Waals surface area contributed by atoms with Crippen LogP contribution in [-0.4, -0.2) is 32.5 Å². The van der Waals surface area contributed by atoms with Crippen molar-refractivity contribution in [3.8, 4) is 0 Å². The number of hydrogen-bond acceptors (Lipinski definition) is 4. The summed E-state index contributed by atoms with van der Waals surface area (Å²) in [6, 6.07) is 0. The normalized spacial score (nSPS) is 12.0. The first-order valence-electron chi connectivity index (χ1n) is 18.3. The van der Waals surface area contributed by atoms with Gasteiger partial charge in [-0.15, -0.1) is 0 Å². The van der Waals surface area contributed by atoms with Crippen LogP contribution in [0.25, 0.3) is 0 Å². The van der Waals surface area contributed by atoms with E-state index >= 15 is 0 Å². The van der Waals surface area contributed by atoms with Gasteiger partial charge in [-0.05, 0) is 46.2 Å². The summed E-state index contributed by atoms with van der Waals surface area (Å²) in [6.45, 7) is 9.39. The van der Waals surface area contributed by atoms with Crippen molar-refractivity contribution in [1.82, 2.24) is 5.32 Å². The van der Waals surface area contributed by atoms with E-state index in [1.165, 1.54) is 174 Å². The van der Waals surface area contributed by atoms with Gasteiger partial charge in [0.2, 0.25) is 0 Å². The van der Waals surface area contributed by atoms with Crippen molar-refractivity contribution in [2.45, 2.75) is 194 Å². The third-order valence-corrected chi connectivity index (χ3v) is 10.3. The Bertz CT molecular complexity index is 507. The topological polar surface area (TPSA) is 47.6 Å². The van der Waals surface area contributed by atoms with E-state index in [4.69, 9.17) is 9.05 Å². The van der Waals surface area contributed by atoms with E-state index in [-0.39, 0.29) is 0 Å². The molecule has 0 saturated heterocycles. The highest BCUT2D eigenvalue weighted by Crippen LogP contribution is 2.48. The van der Waals surface area contributed by atoms with Crippen molar-refractivity contribution in [2.24, 2.45) is 0 Å². The van der Waals surface area contributed by atoms with Crippen LogP contribution in [0.3, 0.4) is 0 Å². The summed E-state index contributed by atoms with van der Waals surface area (Å²) >= 11 is 0. The third-order valence-electron chi connectivity index (χ3n) is 8.14. The molecule has 0 saturated carbocycles. The quantitative estimate of drug-likeness (QED) is 0.0592. The highest BCUT2D eigenvalue weighted by Gasteiger charge is 2.22. The largest absolute Gasteiger partial charge is 0.330 e. The Morgan fingerprint density at radius 1 is 0.400 bits per heavy atom. The van der Waals surface area contributed by atoms with Gasteiger partial charge in [0.05, 0.1) is 19.4 Å². The Balaban J connectivity index is 3.15. The second kappa shape index (κ2) is 33.6. The molecule has 0 aliphatic carbocycles. The van der Waals surface area contributed by atoms with Gasteiger partial charge in [-0.3, -0.25) is 4.57 Å². The molecular weight excluding hydrogens is 513 g/mol. The molecule has 0 aromatic carbocycles. The van der Waals surface area contributed by atoms with Gasteiger partial charge in [-0.1, -0.05) is 161 Å². The first kappa shape index (κ1) is 40.1. The molecule has 0 unspecified atom stereocenters. The zero-order chi connectivity index (χ0) is 29.2. The highest BCUT2D eigenvalue weighted by molar-refractivity contribution is 7.53.